The highest BCUT2D eigenvalue weighted by atomic mass is 35.5. The van der Waals surface area contributed by atoms with Gasteiger partial charge in [-0.25, -0.2) is 4.98 Å². The number of aryl methyl sites for hydroxylation is 2. The maximum Gasteiger partial charge on any atom is 0.270 e. The number of aromatic nitrogens is 4. The van der Waals surface area contributed by atoms with Crippen LogP contribution >= 0.6 is 11.6 Å². The summed E-state index contributed by atoms with van der Waals surface area (Å²) >= 11 is 6.34. The molecular weight excluding hydrogens is 444 g/mol. The van der Waals surface area contributed by atoms with Gasteiger partial charge in [-0.1, -0.05) is 29.8 Å². The van der Waals surface area contributed by atoms with E-state index in [1.165, 1.54) is 10.9 Å². The molecule has 2 aromatic heterocycles. The van der Waals surface area contributed by atoms with Gasteiger partial charge in [-0.2, -0.15) is 5.10 Å². The maximum atomic E-state index is 13.2. The van der Waals surface area contributed by atoms with E-state index in [2.05, 4.69) is 15.0 Å². The van der Waals surface area contributed by atoms with Crippen LogP contribution in [0.3, 0.4) is 0 Å². The summed E-state index contributed by atoms with van der Waals surface area (Å²) < 4.78 is 8.90. The van der Waals surface area contributed by atoms with Crippen molar-refractivity contribution in [3.8, 4) is 11.3 Å². The molecule has 3 aromatic rings. The molecule has 0 aliphatic carbocycles. The summed E-state index contributed by atoms with van der Waals surface area (Å²) in [4.78, 5) is 32.6. The van der Waals surface area contributed by atoms with Crippen molar-refractivity contribution in [2.75, 3.05) is 26.3 Å². The number of benzene rings is 1. The van der Waals surface area contributed by atoms with E-state index in [0.717, 1.165) is 30.0 Å². The van der Waals surface area contributed by atoms with Crippen molar-refractivity contribution in [2.24, 2.45) is 7.05 Å². The topological polar surface area (TPSA) is 94.3 Å². The summed E-state index contributed by atoms with van der Waals surface area (Å²) in [7, 11) is 1.68. The van der Waals surface area contributed by atoms with Crippen LogP contribution in [-0.4, -0.2) is 68.4 Å². The van der Waals surface area contributed by atoms with E-state index >= 15 is 0 Å². The Morgan fingerprint density at radius 2 is 1.97 bits per heavy atom. The van der Waals surface area contributed by atoms with Crippen molar-refractivity contribution in [2.45, 2.75) is 25.4 Å². The zero-order valence-electron chi connectivity index (χ0n) is 18.3. The highest BCUT2D eigenvalue weighted by molar-refractivity contribution is 6.33. The Kier molecular flexibility index (Phi) is 5.90. The van der Waals surface area contributed by atoms with Gasteiger partial charge in [-0.15, -0.1) is 0 Å². The average Bonchev–Trinajstić information content (AvgIpc) is 3.42. The van der Waals surface area contributed by atoms with Crippen LogP contribution in [0.15, 0.2) is 36.7 Å². The largest absolute Gasteiger partial charge is 0.378 e. The van der Waals surface area contributed by atoms with Crippen LogP contribution < -0.4 is 5.32 Å². The molecule has 2 aliphatic heterocycles. The van der Waals surface area contributed by atoms with Crippen LogP contribution in [0.1, 0.15) is 33.1 Å². The molecule has 1 N–H and O–H groups in total. The molecule has 0 unspecified atom stereocenters. The number of fused-ring (bicyclic) bond motifs is 1. The second kappa shape index (κ2) is 8.99. The van der Waals surface area contributed by atoms with Gasteiger partial charge >= 0.3 is 0 Å². The minimum absolute atomic E-state index is 0.0901. The zero-order valence-corrected chi connectivity index (χ0v) is 19.1. The lowest BCUT2D eigenvalue weighted by Gasteiger charge is -2.27. The third-order valence-corrected chi connectivity index (χ3v) is 6.50. The van der Waals surface area contributed by atoms with Crippen molar-refractivity contribution in [1.82, 2.24) is 29.5 Å². The van der Waals surface area contributed by atoms with E-state index in [4.69, 9.17) is 21.3 Å². The van der Waals surface area contributed by atoms with E-state index in [1.54, 1.807) is 11.9 Å². The first kappa shape index (κ1) is 21.7. The van der Waals surface area contributed by atoms with E-state index in [0.29, 0.717) is 43.3 Å². The van der Waals surface area contributed by atoms with Gasteiger partial charge in [0.05, 0.1) is 35.7 Å². The molecular formula is C23H25ClN6O3. The number of rotatable bonds is 4. The van der Waals surface area contributed by atoms with Gasteiger partial charge in [0, 0.05) is 50.9 Å². The fraction of sp³-hybridized carbons (Fsp3) is 0.391. The Labute approximate surface area is 196 Å². The van der Waals surface area contributed by atoms with E-state index in [1.807, 2.05) is 30.5 Å². The first-order valence-electron chi connectivity index (χ1n) is 11.0. The molecule has 5 rings (SSSR count). The Bertz CT molecular complexity index is 1200. The molecule has 0 spiro atoms. The van der Waals surface area contributed by atoms with E-state index < -0.39 is 0 Å². The van der Waals surface area contributed by atoms with Gasteiger partial charge in [-0.05, 0) is 12.5 Å². The number of nitrogens with one attached hydrogen (secondary N) is 1. The lowest BCUT2D eigenvalue weighted by atomic mass is 10.1. The van der Waals surface area contributed by atoms with Crippen molar-refractivity contribution >= 4 is 23.4 Å². The van der Waals surface area contributed by atoms with Gasteiger partial charge in [0.2, 0.25) is 0 Å². The molecule has 1 fully saturated rings. The first-order chi connectivity index (χ1) is 16.0. The summed E-state index contributed by atoms with van der Waals surface area (Å²) in [5.74, 6) is 0.402. The summed E-state index contributed by atoms with van der Waals surface area (Å²) in [6.07, 6.45) is 4.84. The summed E-state index contributed by atoms with van der Waals surface area (Å²) in [5.41, 5.74) is 2.31. The molecule has 172 valence electrons. The zero-order chi connectivity index (χ0) is 22.9. The minimum atomic E-state index is -0.303. The fourth-order valence-corrected chi connectivity index (χ4v) is 4.64. The monoisotopic (exact) mass is 468 g/mol. The molecule has 0 bridgehead atoms. The van der Waals surface area contributed by atoms with Crippen LogP contribution in [-0.2, 0) is 24.8 Å². The van der Waals surface area contributed by atoms with Gasteiger partial charge in [0.1, 0.15) is 11.5 Å². The third kappa shape index (κ3) is 4.26. The van der Waals surface area contributed by atoms with E-state index in [-0.39, 0.29) is 23.6 Å². The van der Waals surface area contributed by atoms with E-state index in [9.17, 15) is 9.59 Å². The van der Waals surface area contributed by atoms with Gasteiger partial charge < -0.3 is 19.5 Å². The Morgan fingerprint density at radius 1 is 1.18 bits per heavy atom. The maximum absolute atomic E-state index is 13.2. The predicted octanol–water partition coefficient (Wildman–Crippen LogP) is 2.15. The molecule has 2 amide bonds. The van der Waals surface area contributed by atoms with Gasteiger partial charge in [0.15, 0.2) is 0 Å². The highest BCUT2D eigenvalue weighted by Gasteiger charge is 2.29. The second-order valence-corrected chi connectivity index (χ2v) is 8.72. The molecule has 1 aromatic carbocycles. The summed E-state index contributed by atoms with van der Waals surface area (Å²) in [6, 6.07) is 7.54. The highest BCUT2D eigenvalue weighted by Crippen LogP contribution is 2.28. The molecule has 4 heterocycles. The first-order valence-corrected chi connectivity index (χ1v) is 11.4. The summed E-state index contributed by atoms with van der Waals surface area (Å²) in [5, 5.41) is 7.92. The Morgan fingerprint density at radius 3 is 2.76 bits per heavy atom. The lowest BCUT2D eigenvalue weighted by Crippen LogP contribution is -2.43. The van der Waals surface area contributed by atoms with Crippen molar-refractivity contribution in [1.29, 1.82) is 0 Å². The molecule has 33 heavy (non-hydrogen) atoms. The second-order valence-electron chi connectivity index (χ2n) is 8.31. The number of hydrogen-bond acceptors (Lipinski definition) is 5. The van der Waals surface area contributed by atoms with Crippen LogP contribution in [0, 0.1) is 0 Å². The fourth-order valence-electron chi connectivity index (χ4n) is 4.40. The number of morpholine rings is 1. The van der Waals surface area contributed by atoms with Crippen LogP contribution in [0.25, 0.3) is 11.3 Å². The van der Waals surface area contributed by atoms with Crippen LogP contribution in [0.5, 0.6) is 0 Å². The minimum Gasteiger partial charge on any atom is -0.378 e. The van der Waals surface area contributed by atoms with Gasteiger partial charge in [0.25, 0.3) is 11.8 Å². The molecule has 0 saturated carbocycles. The molecule has 2 aliphatic rings. The summed E-state index contributed by atoms with van der Waals surface area (Å²) in [6.45, 7) is 2.75. The Hall–Kier alpha value is -3.17. The van der Waals surface area contributed by atoms with Crippen molar-refractivity contribution < 1.29 is 14.3 Å². The molecule has 10 heteroatoms. The molecule has 9 nitrogen and oxygen atoms in total. The molecule has 1 saturated heterocycles. The van der Waals surface area contributed by atoms with Crippen LogP contribution in [0.4, 0.5) is 0 Å². The number of hydrogen-bond donors (Lipinski definition) is 1. The SMILES string of the molecule is Cn1ncc(C(=O)N2CCOCC2)c1C(=O)N[C@@H]1CCn2cc(-c3ccccc3Cl)nc2C1. The third-order valence-electron chi connectivity index (χ3n) is 6.17. The van der Waals surface area contributed by atoms with Crippen LogP contribution in [0.2, 0.25) is 5.02 Å². The number of imidazole rings is 1. The molecule has 1 atom stereocenters. The lowest BCUT2D eigenvalue weighted by molar-refractivity contribution is 0.0301. The number of ether oxygens (including phenoxy) is 1. The van der Waals surface area contributed by atoms with Crippen molar-refractivity contribution in [3.63, 3.8) is 0 Å². The number of carbonyl (C=O) groups excluding carboxylic acids is 2. The number of halogens is 1. The quantitative estimate of drug-likeness (QED) is 0.633. The number of amides is 2. The Balaban J connectivity index is 1.31. The normalized spacial score (nSPS) is 18.1. The number of carbonyl (C=O) groups is 2. The standard InChI is InChI=1S/C23H25ClN6O3/c1-28-21(17(13-25-28)23(32)29-8-10-33-11-9-29)22(31)26-15-6-7-30-14-19(27-20(30)12-15)16-4-2-3-5-18(16)24/h2-5,13-15H,6-12H2,1H3,(H,26,31)/t15-/m1/s1. The smallest absolute Gasteiger partial charge is 0.270 e. The predicted molar refractivity (Wildman–Crippen MR) is 122 cm³/mol. The van der Waals surface area contributed by atoms with Crippen molar-refractivity contribution in [3.05, 3.63) is 58.8 Å². The average molecular weight is 469 g/mol. The number of nitrogens with zero attached hydrogens (tertiary/aromatic N) is 5. The molecule has 0 radical (unpaired) electrons. The van der Waals surface area contributed by atoms with Gasteiger partial charge in [-0.3, -0.25) is 14.3 Å².